The summed E-state index contributed by atoms with van der Waals surface area (Å²) in [6.07, 6.45) is 4.52. The minimum atomic E-state index is 0.673. The number of aromatic nitrogens is 1. The summed E-state index contributed by atoms with van der Waals surface area (Å²) < 4.78 is 0. The number of nitrogens with zero attached hydrogens (tertiary/aromatic N) is 4. The highest BCUT2D eigenvalue weighted by Gasteiger charge is 2.21. The second kappa shape index (κ2) is 8.61. The molecule has 0 unspecified atom stereocenters. The van der Waals surface area contributed by atoms with Gasteiger partial charge in [0.2, 0.25) is 0 Å². The van der Waals surface area contributed by atoms with E-state index in [0.29, 0.717) is 5.11 Å². The number of hydrogen-bond acceptors (Lipinski definition) is 5. The molecule has 2 aliphatic heterocycles. The number of nitrogens with one attached hydrogen (secondary N) is 2. The zero-order valence-corrected chi connectivity index (χ0v) is 17.5. The molecule has 3 heterocycles. The maximum absolute atomic E-state index is 5.60. The van der Waals surface area contributed by atoms with E-state index in [4.69, 9.17) is 12.2 Å². The van der Waals surface area contributed by atoms with Crippen LogP contribution in [0.3, 0.4) is 0 Å². The second-order valence-corrected chi connectivity index (χ2v) is 7.66. The molecule has 1 saturated heterocycles. The van der Waals surface area contributed by atoms with Crippen LogP contribution in [0.5, 0.6) is 0 Å². The molecule has 0 aliphatic carbocycles. The first-order valence-electron chi connectivity index (χ1n) is 9.94. The van der Waals surface area contributed by atoms with E-state index in [1.165, 1.54) is 11.3 Å². The van der Waals surface area contributed by atoms with Crippen molar-refractivity contribution in [2.75, 3.05) is 42.9 Å². The normalized spacial score (nSPS) is 17.5. The molecule has 1 aromatic heterocycles. The predicted molar refractivity (Wildman–Crippen MR) is 125 cm³/mol. The van der Waals surface area contributed by atoms with Crippen molar-refractivity contribution in [2.24, 2.45) is 5.10 Å². The van der Waals surface area contributed by atoms with Gasteiger partial charge in [-0.3, -0.25) is 10.4 Å². The quantitative estimate of drug-likeness (QED) is 0.603. The van der Waals surface area contributed by atoms with Crippen molar-refractivity contribution in [3.8, 4) is 0 Å². The molecule has 150 valence electrons. The fraction of sp³-hybridized carbons (Fsp3) is 0.318. The Balaban J connectivity index is 1.35. The smallest absolute Gasteiger partial charge is 0.189 e. The van der Waals surface area contributed by atoms with E-state index in [0.717, 1.165) is 61.8 Å². The number of hydrogen-bond donors (Lipinski definition) is 2. The summed E-state index contributed by atoms with van der Waals surface area (Å²) in [5.74, 6) is 0. The van der Waals surface area contributed by atoms with Crippen LogP contribution in [-0.4, -0.2) is 53.4 Å². The summed E-state index contributed by atoms with van der Waals surface area (Å²) >= 11 is 5.60. The number of fused-ring (bicyclic) bond motifs is 1. The van der Waals surface area contributed by atoms with Crippen molar-refractivity contribution in [2.45, 2.75) is 13.3 Å². The molecule has 0 amide bonds. The molecular formula is C22H26N6S. The summed E-state index contributed by atoms with van der Waals surface area (Å²) in [6, 6.07) is 10.5. The number of anilines is 2. The summed E-state index contributed by atoms with van der Waals surface area (Å²) in [7, 11) is 0. The first kappa shape index (κ1) is 19.4. The number of piperazine rings is 1. The van der Waals surface area contributed by atoms with Crippen LogP contribution in [0, 0.1) is 6.92 Å². The van der Waals surface area contributed by atoms with Gasteiger partial charge in [-0.2, -0.15) is 5.10 Å². The zero-order chi connectivity index (χ0) is 20.2. The summed E-state index contributed by atoms with van der Waals surface area (Å²) in [5, 5.41) is 8.68. The van der Waals surface area contributed by atoms with Gasteiger partial charge in [0.25, 0.3) is 0 Å². The van der Waals surface area contributed by atoms with Gasteiger partial charge in [-0.15, -0.1) is 0 Å². The number of thiocarbonyl (C=S) groups is 1. The fourth-order valence-electron chi connectivity index (χ4n) is 3.71. The Hall–Kier alpha value is -2.93. The molecule has 29 heavy (non-hydrogen) atoms. The molecule has 2 aliphatic rings. The second-order valence-electron chi connectivity index (χ2n) is 7.27. The Morgan fingerprint density at radius 1 is 1.21 bits per heavy atom. The van der Waals surface area contributed by atoms with Gasteiger partial charge in [0.1, 0.15) is 5.69 Å². The largest absolute Gasteiger partial charge is 0.383 e. The molecule has 1 fully saturated rings. The lowest BCUT2D eigenvalue weighted by molar-refractivity contribution is 0.381. The standard InChI is InChI=1S/C22H26N6S/c1-3-17-4-6-18(7-5-17)27-12-14-28(15-13-27)22(29)26-25-19-9-11-23-20-16(2)8-10-24-21(19)20/h3-8,10,23H,1,9,11-15H2,2H3,(H,26,29)/b25-19-. The Kier molecular flexibility index (Phi) is 5.76. The van der Waals surface area contributed by atoms with E-state index in [-0.39, 0.29) is 0 Å². The average Bonchev–Trinajstić information content (AvgIpc) is 2.78. The molecule has 0 atom stereocenters. The molecule has 6 nitrogen and oxygen atoms in total. The monoisotopic (exact) mass is 406 g/mol. The Bertz CT molecular complexity index is 929. The number of hydrazone groups is 1. The number of aryl methyl sites for hydroxylation is 1. The minimum absolute atomic E-state index is 0.673. The molecule has 2 aromatic rings. The molecule has 0 radical (unpaired) electrons. The molecule has 7 heteroatoms. The van der Waals surface area contributed by atoms with Gasteiger partial charge < -0.3 is 15.1 Å². The maximum Gasteiger partial charge on any atom is 0.189 e. The van der Waals surface area contributed by atoms with E-state index in [1.807, 2.05) is 18.3 Å². The molecule has 1 aromatic carbocycles. The fourth-order valence-corrected chi connectivity index (χ4v) is 3.94. The highest BCUT2D eigenvalue weighted by molar-refractivity contribution is 7.80. The highest BCUT2D eigenvalue weighted by atomic mass is 32.1. The molecule has 2 N–H and O–H groups in total. The van der Waals surface area contributed by atoms with Gasteiger partial charge in [0.15, 0.2) is 5.11 Å². The third-order valence-electron chi connectivity index (χ3n) is 5.44. The number of pyridine rings is 1. The van der Waals surface area contributed by atoms with Gasteiger partial charge in [0.05, 0.1) is 11.4 Å². The zero-order valence-electron chi connectivity index (χ0n) is 16.7. The third kappa shape index (κ3) is 4.24. The molecule has 0 bridgehead atoms. The van der Waals surface area contributed by atoms with Gasteiger partial charge >= 0.3 is 0 Å². The van der Waals surface area contributed by atoms with Gasteiger partial charge in [-0.25, -0.2) is 0 Å². The average molecular weight is 407 g/mol. The van der Waals surface area contributed by atoms with Crippen LogP contribution in [0.25, 0.3) is 6.08 Å². The van der Waals surface area contributed by atoms with Crippen LogP contribution in [-0.2, 0) is 0 Å². The lowest BCUT2D eigenvalue weighted by Gasteiger charge is -2.37. The molecule has 4 rings (SSSR count). The third-order valence-corrected chi connectivity index (χ3v) is 5.79. The van der Waals surface area contributed by atoms with Crippen LogP contribution in [0.1, 0.15) is 23.2 Å². The number of rotatable bonds is 3. The Morgan fingerprint density at radius 3 is 2.69 bits per heavy atom. The summed E-state index contributed by atoms with van der Waals surface area (Å²) in [4.78, 5) is 9.07. The summed E-state index contributed by atoms with van der Waals surface area (Å²) in [5.41, 5.74) is 9.60. The van der Waals surface area contributed by atoms with E-state index < -0.39 is 0 Å². The van der Waals surface area contributed by atoms with Crippen molar-refractivity contribution in [1.29, 1.82) is 0 Å². The lowest BCUT2D eigenvalue weighted by Crippen LogP contribution is -2.51. The van der Waals surface area contributed by atoms with Crippen LogP contribution in [0.15, 0.2) is 48.2 Å². The lowest BCUT2D eigenvalue weighted by atomic mass is 10.0. The van der Waals surface area contributed by atoms with Crippen molar-refractivity contribution in [3.63, 3.8) is 0 Å². The minimum Gasteiger partial charge on any atom is -0.383 e. The van der Waals surface area contributed by atoms with E-state index >= 15 is 0 Å². The van der Waals surface area contributed by atoms with E-state index in [2.05, 4.69) is 68.4 Å². The topological polar surface area (TPSA) is 55.8 Å². The number of benzene rings is 1. The van der Waals surface area contributed by atoms with Crippen LogP contribution in [0.2, 0.25) is 0 Å². The van der Waals surface area contributed by atoms with Gasteiger partial charge in [-0.1, -0.05) is 24.8 Å². The molecule has 0 saturated carbocycles. The van der Waals surface area contributed by atoms with E-state index in [9.17, 15) is 0 Å². The van der Waals surface area contributed by atoms with Crippen molar-refractivity contribution < 1.29 is 0 Å². The van der Waals surface area contributed by atoms with Crippen molar-refractivity contribution in [1.82, 2.24) is 15.3 Å². The van der Waals surface area contributed by atoms with Gasteiger partial charge in [0, 0.05) is 51.0 Å². The van der Waals surface area contributed by atoms with Gasteiger partial charge in [-0.05, 0) is 48.5 Å². The molecule has 0 spiro atoms. The van der Waals surface area contributed by atoms with Crippen LogP contribution >= 0.6 is 12.2 Å². The van der Waals surface area contributed by atoms with Crippen molar-refractivity contribution in [3.05, 3.63) is 59.9 Å². The van der Waals surface area contributed by atoms with Crippen LogP contribution in [0.4, 0.5) is 11.4 Å². The Labute approximate surface area is 177 Å². The maximum atomic E-state index is 5.60. The summed E-state index contributed by atoms with van der Waals surface area (Å²) in [6.45, 7) is 10.4. The molecular weight excluding hydrogens is 380 g/mol. The Morgan fingerprint density at radius 2 is 1.97 bits per heavy atom. The first-order valence-corrected chi connectivity index (χ1v) is 10.4. The van der Waals surface area contributed by atoms with E-state index in [1.54, 1.807) is 0 Å². The first-order chi connectivity index (χ1) is 14.2. The van der Waals surface area contributed by atoms with Crippen LogP contribution < -0.4 is 15.6 Å². The highest BCUT2D eigenvalue weighted by Crippen LogP contribution is 2.23. The predicted octanol–water partition coefficient (Wildman–Crippen LogP) is 3.25. The van der Waals surface area contributed by atoms with Crippen molar-refractivity contribution >= 4 is 40.5 Å². The SMILES string of the molecule is C=Cc1ccc(N2CCN(C(=S)N/N=C3/CCNc4c(C)ccnc43)CC2)cc1.